The van der Waals surface area contributed by atoms with Gasteiger partial charge in [-0.2, -0.15) is 15.3 Å². The molecule has 0 bridgehead atoms. The predicted molar refractivity (Wildman–Crippen MR) is 377 cm³/mol. The number of halogens is 9. The van der Waals surface area contributed by atoms with Gasteiger partial charge in [-0.15, -0.1) is 85.4 Å². The molecular formula is C67H66F9N19O11S3. The number of nitrogens with two attached hydrogens (primary N) is 1. The van der Waals surface area contributed by atoms with E-state index in [4.69, 9.17) is 5.73 Å². The summed E-state index contributed by atoms with van der Waals surface area (Å²) >= 11 is 4.14. The van der Waals surface area contributed by atoms with E-state index in [9.17, 15) is 73.1 Å². The second-order valence-corrected chi connectivity index (χ2v) is 27.4. The normalized spacial score (nSPS) is 15.4. The second kappa shape index (κ2) is 37.3. The highest BCUT2D eigenvalue weighted by Crippen LogP contribution is 2.36. The number of nitrogens with zero attached hydrogens (tertiary/aromatic N) is 15. The monoisotopic (exact) mass is 1580 g/mol. The van der Waals surface area contributed by atoms with Crippen molar-refractivity contribution >= 4 is 113 Å². The van der Waals surface area contributed by atoms with Crippen molar-refractivity contribution < 1.29 is 92.0 Å². The summed E-state index contributed by atoms with van der Waals surface area (Å²) in [5.41, 5.74) is 9.08. The highest BCUT2D eigenvalue weighted by molar-refractivity contribution is 7.18. The molecule has 30 nitrogen and oxygen atoms in total. The van der Waals surface area contributed by atoms with Gasteiger partial charge in [0.2, 0.25) is 38.2 Å². The number of rotatable bonds is 22. The van der Waals surface area contributed by atoms with Gasteiger partial charge in [0.1, 0.15) is 38.8 Å². The number of aromatic nitrogens is 12. The third kappa shape index (κ3) is 27.3. The summed E-state index contributed by atoms with van der Waals surface area (Å²) in [7, 11) is 0. The van der Waals surface area contributed by atoms with Gasteiger partial charge in [-0.3, -0.25) is 33.6 Å². The molecule has 12 rings (SSSR count). The van der Waals surface area contributed by atoms with Crippen LogP contribution in [0.5, 0.6) is 17.2 Å². The molecule has 0 spiro atoms. The number of ether oxygens (including phenoxy) is 4. The maximum atomic E-state index is 12.4. The summed E-state index contributed by atoms with van der Waals surface area (Å²) in [5.74, 6) is -2.36. The van der Waals surface area contributed by atoms with Crippen molar-refractivity contribution in [1.82, 2.24) is 61.2 Å². The number of nitrogen functional groups attached to an aromatic ring is 1. The maximum absolute atomic E-state index is 12.4. The molecule has 3 aromatic carbocycles. The van der Waals surface area contributed by atoms with E-state index < -0.39 is 48.7 Å². The highest BCUT2D eigenvalue weighted by atomic mass is 32.1. The van der Waals surface area contributed by atoms with E-state index in [-0.39, 0.29) is 96.1 Å². The summed E-state index contributed by atoms with van der Waals surface area (Å²) in [4.78, 5) is 85.3. The van der Waals surface area contributed by atoms with Gasteiger partial charge in [0.25, 0.3) is 0 Å². The van der Waals surface area contributed by atoms with Crippen LogP contribution in [0, 0.1) is 0 Å². The minimum Gasteiger partial charge on any atom is -0.406 e. The van der Waals surface area contributed by atoms with Gasteiger partial charge in [0, 0.05) is 70.9 Å². The number of amides is 3. The Morgan fingerprint density at radius 2 is 0.725 bits per heavy atom. The van der Waals surface area contributed by atoms with Crippen molar-refractivity contribution in [2.45, 2.75) is 116 Å². The van der Waals surface area contributed by atoms with Crippen LogP contribution in [0.4, 0.5) is 77.5 Å². The average molecular weight is 1580 g/mol. The summed E-state index contributed by atoms with van der Waals surface area (Å²) in [6.07, 6.45) is -11.7. The molecule has 9 heterocycles. The number of alkyl halides is 9. The van der Waals surface area contributed by atoms with Crippen molar-refractivity contribution in [3.05, 3.63) is 153 Å². The second-order valence-electron chi connectivity index (χ2n) is 24.3. The molecule has 3 saturated heterocycles. The molecule has 42 heteroatoms. The lowest BCUT2D eigenvalue weighted by Gasteiger charge is -2.14. The average Bonchev–Trinajstić information content (AvgIpc) is 1.70. The molecule has 3 aliphatic rings. The fourth-order valence-corrected chi connectivity index (χ4v) is 13.5. The van der Waals surface area contributed by atoms with E-state index in [0.29, 0.717) is 51.5 Å². The van der Waals surface area contributed by atoms with Crippen LogP contribution in [0.25, 0.3) is 0 Å². The van der Waals surface area contributed by atoms with Crippen LogP contribution in [0.1, 0.15) is 108 Å². The van der Waals surface area contributed by atoms with Gasteiger partial charge < -0.3 is 55.3 Å². The molecule has 3 aliphatic heterocycles. The van der Waals surface area contributed by atoms with Gasteiger partial charge in [0.15, 0.2) is 17.5 Å². The van der Waals surface area contributed by atoms with Gasteiger partial charge in [0.05, 0.1) is 49.2 Å². The van der Waals surface area contributed by atoms with E-state index >= 15 is 0 Å². The Kier molecular flexibility index (Phi) is 27.9. The molecule has 6 aromatic heterocycles. The van der Waals surface area contributed by atoms with Crippen LogP contribution < -0.4 is 50.6 Å². The molecule has 0 aliphatic carbocycles. The van der Waals surface area contributed by atoms with Gasteiger partial charge >= 0.3 is 31.0 Å². The first kappa shape index (κ1) is 81.5. The molecular weight excluding hydrogens is 1510 g/mol. The number of ketones is 2. The predicted octanol–water partition coefficient (Wildman–Crippen LogP) is 10.1. The van der Waals surface area contributed by atoms with Crippen LogP contribution in [-0.2, 0) is 70.4 Å². The Balaban J connectivity index is 0.000000180. The van der Waals surface area contributed by atoms with Crippen molar-refractivity contribution in [3.63, 3.8) is 0 Å². The van der Waals surface area contributed by atoms with Crippen LogP contribution in [0.15, 0.2) is 109 Å². The molecule has 0 saturated carbocycles. The molecule has 3 amide bonds. The van der Waals surface area contributed by atoms with Crippen LogP contribution >= 0.6 is 34.0 Å². The number of hydrogen-bond acceptors (Lipinski definition) is 30. The fourth-order valence-electron chi connectivity index (χ4n) is 11.0. The lowest BCUT2D eigenvalue weighted by molar-refractivity contribution is -0.275. The minimum absolute atomic E-state index is 0.0402. The first-order valence-electron chi connectivity index (χ1n) is 32.8. The maximum Gasteiger partial charge on any atom is 0.573 e. The van der Waals surface area contributed by atoms with E-state index in [1.54, 1.807) is 36.4 Å². The molecule has 5 N–H and O–H groups in total. The third-order valence-electron chi connectivity index (χ3n) is 15.4. The number of benzene rings is 3. The van der Waals surface area contributed by atoms with Crippen LogP contribution in [0.3, 0.4) is 0 Å². The number of carbonyl (C=O) groups is 7. The topological polar surface area (TPSA) is 383 Å². The zero-order chi connectivity index (χ0) is 78.6. The van der Waals surface area contributed by atoms with Crippen LogP contribution in [0.2, 0.25) is 0 Å². The van der Waals surface area contributed by atoms with Gasteiger partial charge in [-0.25, -0.2) is 0 Å². The standard InChI is InChI=1S/2C22H21F3N6O3S.C19H18F3N7O2S.C4H6O3/c2*1-13(32)9-20-29-30-21(35-20)31-8-7-15(12-31)17-5-6-18(28-27-17)26-19(33)11-14-3-2-4-16(10-14)34-22(23,24)25;20-19(21,22)31-13-3-1-2-11(8-13)9-16(30)24-15-5-4-14(25-26-15)12-6-7-29(10-12)18-28-27-17(23)32-18;1-3(5)7-4(2)6/h2*2-6,10,15H,7-9,11-12H2,1H3,(H,26,28,33);1-5,8,12H,6-7,9-10H2,(H2,23,27)(H,24,26,30);1-2H3. The summed E-state index contributed by atoms with van der Waals surface area (Å²) in [6.45, 7) is 9.83. The lowest BCUT2D eigenvalue weighted by Crippen LogP contribution is -2.19. The molecule has 3 fully saturated rings. The smallest absolute Gasteiger partial charge is 0.406 e. The first-order valence-corrected chi connectivity index (χ1v) is 35.2. The van der Waals surface area contributed by atoms with Crippen molar-refractivity contribution in [3.8, 4) is 17.2 Å². The van der Waals surface area contributed by atoms with Gasteiger partial charge in [-0.1, -0.05) is 70.4 Å². The van der Waals surface area contributed by atoms with Crippen LogP contribution in [-0.4, -0.2) is 161 Å². The van der Waals surface area contributed by atoms with E-state index in [2.05, 4.69) is 111 Å². The highest BCUT2D eigenvalue weighted by Gasteiger charge is 2.35. The molecule has 109 heavy (non-hydrogen) atoms. The number of carbonyl (C=O) groups excluding carboxylic acids is 7. The number of nitrogens with one attached hydrogen (secondary N) is 3. The Morgan fingerprint density at radius 3 is 0.982 bits per heavy atom. The number of esters is 2. The first-order chi connectivity index (χ1) is 51.7. The quantitative estimate of drug-likeness (QED) is 0.0278. The largest absolute Gasteiger partial charge is 0.573 e. The Bertz CT molecular complexity index is 4420. The minimum atomic E-state index is -4.80. The van der Waals surface area contributed by atoms with Gasteiger partial charge in [-0.05, 0) is 123 Å². The molecule has 3 atom stereocenters. The van der Waals surface area contributed by atoms with Crippen molar-refractivity contribution in [1.29, 1.82) is 0 Å². The van der Waals surface area contributed by atoms with Crippen molar-refractivity contribution in [2.24, 2.45) is 0 Å². The zero-order valence-corrected chi connectivity index (χ0v) is 60.4. The van der Waals surface area contributed by atoms with E-state index in [1.165, 1.54) is 122 Å². The summed E-state index contributed by atoms with van der Waals surface area (Å²) in [5, 5.41) is 61.2. The van der Waals surface area contributed by atoms with E-state index in [1.807, 2.05) is 0 Å². The zero-order valence-electron chi connectivity index (χ0n) is 57.9. The molecule has 0 radical (unpaired) electrons. The molecule has 3 unspecified atom stereocenters. The Morgan fingerprint density at radius 1 is 0.413 bits per heavy atom. The molecule has 576 valence electrons. The van der Waals surface area contributed by atoms with E-state index in [0.717, 1.165) is 83.5 Å². The number of hydrogen-bond donors (Lipinski definition) is 4. The SMILES string of the molecule is CC(=O)Cc1nnc(N2CCC(c3ccc(NC(=O)Cc4cccc(OC(F)(F)F)c4)nn3)C2)s1.CC(=O)Cc1nnc(N2CCC(c3ccc(NC(=O)Cc4cccc(OC(F)(F)F)c4)nn3)C2)s1.CC(=O)OC(C)=O.Nc1nnc(N2CCC(c3ccc(NC(=O)Cc4cccc(OC(F)(F)F)c4)nn3)C2)s1. The summed E-state index contributed by atoms with van der Waals surface area (Å²) < 4.78 is 127. The number of Topliss-reactive ketones (excluding diaryl/α,β-unsaturated/α-hetero) is 2. The van der Waals surface area contributed by atoms with Crippen molar-refractivity contribution in [2.75, 3.05) is 75.7 Å². The lowest BCUT2D eigenvalue weighted by atomic mass is 10.1. The third-order valence-corrected chi connectivity index (χ3v) is 18.2. The Labute approximate surface area is 625 Å². The fraction of sp³-hybridized carbons (Fsp3) is 0.358. The summed E-state index contributed by atoms with van der Waals surface area (Å²) in [6, 6.07) is 26.0. The Hall–Kier alpha value is -11.6. The molecule has 9 aromatic rings. The number of anilines is 7.